The molecule has 0 aromatic heterocycles. The number of carboxylic acids is 1. The number of likely N-dealkylation sites (N-methyl/N-ethyl adjacent to an activating group) is 1. The molecule has 0 saturated carbocycles. The standard InChI is InChI=1S/C11H23N3O5/c1-14(6-7-18-2)5-4-12-11(17)13-9(8-19-3)10(15)16/h9H,4-8H2,1-3H3,(H,15,16)(H2,12,13,17). The Labute approximate surface area is 113 Å². The van der Waals surface area contributed by atoms with E-state index in [0.29, 0.717) is 19.7 Å². The zero-order chi connectivity index (χ0) is 14.7. The van der Waals surface area contributed by atoms with Crippen LogP contribution in [0.1, 0.15) is 0 Å². The fourth-order valence-electron chi connectivity index (χ4n) is 1.27. The molecule has 2 amide bonds. The number of nitrogens with zero attached hydrogens (tertiary/aromatic N) is 1. The topological polar surface area (TPSA) is 100 Å². The highest BCUT2D eigenvalue weighted by Crippen LogP contribution is 1.86. The van der Waals surface area contributed by atoms with Crippen molar-refractivity contribution in [1.82, 2.24) is 15.5 Å². The molecule has 0 radical (unpaired) electrons. The first-order valence-corrected chi connectivity index (χ1v) is 5.94. The first-order valence-electron chi connectivity index (χ1n) is 5.94. The maximum atomic E-state index is 11.4. The predicted molar refractivity (Wildman–Crippen MR) is 69.2 cm³/mol. The van der Waals surface area contributed by atoms with Gasteiger partial charge in [-0.1, -0.05) is 0 Å². The Balaban J connectivity index is 3.82. The fourth-order valence-corrected chi connectivity index (χ4v) is 1.27. The van der Waals surface area contributed by atoms with E-state index in [0.717, 1.165) is 6.54 Å². The number of carbonyl (C=O) groups excluding carboxylic acids is 1. The SMILES string of the molecule is COCCN(C)CCNC(=O)NC(COC)C(=O)O. The van der Waals surface area contributed by atoms with Crippen molar-refractivity contribution in [2.75, 3.05) is 54.1 Å². The molecule has 8 heteroatoms. The molecule has 0 saturated heterocycles. The summed E-state index contributed by atoms with van der Waals surface area (Å²) in [6, 6.07) is -1.57. The maximum Gasteiger partial charge on any atom is 0.328 e. The average molecular weight is 277 g/mol. The van der Waals surface area contributed by atoms with E-state index in [1.807, 2.05) is 11.9 Å². The number of rotatable bonds is 10. The fraction of sp³-hybridized carbons (Fsp3) is 0.818. The van der Waals surface area contributed by atoms with Gasteiger partial charge in [-0.2, -0.15) is 0 Å². The molecule has 3 N–H and O–H groups in total. The molecule has 0 aliphatic heterocycles. The van der Waals surface area contributed by atoms with Crippen LogP contribution in [0.2, 0.25) is 0 Å². The van der Waals surface area contributed by atoms with E-state index in [2.05, 4.69) is 10.6 Å². The molecule has 0 aliphatic carbocycles. The van der Waals surface area contributed by atoms with Gasteiger partial charge in [-0.05, 0) is 7.05 Å². The molecule has 1 unspecified atom stereocenters. The third-order valence-corrected chi connectivity index (χ3v) is 2.39. The summed E-state index contributed by atoms with van der Waals surface area (Å²) in [5.41, 5.74) is 0. The molecule has 0 fully saturated rings. The van der Waals surface area contributed by atoms with Gasteiger partial charge in [0.15, 0.2) is 6.04 Å². The number of nitrogens with one attached hydrogen (secondary N) is 2. The molecular formula is C11H23N3O5. The Morgan fingerprint density at radius 2 is 1.95 bits per heavy atom. The summed E-state index contributed by atoms with van der Waals surface area (Å²) in [4.78, 5) is 24.2. The van der Waals surface area contributed by atoms with E-state index in [1.54, 1.807) is 7.11 Å². The maximum absolute atomic E-state index is 11.4. The van der Waals surface area contributed by atoms with Crippen LogP contribution < -0.4 is 10.6 Å². The summed E-state index contributed by atoms with van der Waals surface area (Å²) >= 11 is 0. The number of aliphatic carboxylic acids is 1. The predicted octanol–water partition coefficient (Wildman–Crippen LogP) is -1.04. The number of hydrogen-bond donors (Lipinski definition) is 3. The summed E-state index contributed by atoms with van der Waals surface area (Å²) in [6.45, 7) is 2.39. The van der Waals surface area contributed by atoms with Gasteiger partial charge in [-0.25, -0.2) is 9.59 Å². The lowest BCUT2D eigenvalue weighted by Gasteiger charge is -2.17. The van der Waals surface area contributed by atoms with Crippen LogP contribution in [-0.4, -0.2) is 82.2 Å². The highest BCUT2D eigenvalue weighted by atomic mass is 16.5. The zero-order valence-corrected chi connectivity index (χ0v) is 11.6. The number of methoxy groups -OCH3 is 2. The summed E-state index contributed by atoms with van der Waals surface area (Å²) < 4.78 is 9.63. The van der Waals surface area contributed by atoms with Gasteiger partial charge in [0.2, 0.25) is 0 Å². The van der Waals surface area contributed by atoms with E-state index in [4.69, 9.17) is 14.6 Å². The second kappa shape index (κ2) is 10.5. The van der Waals surface area contributed by atoms with E-state index >= 15 is 0 Å². The molecule has 0 aromatic carbocycles. The summed E-state index contributed by atoms with van der Waals surface area (Å²) in [5, 5.41) is 13.7. The second-order valence-corrected chi connectivity index (χ2v) is 4.04. The lowest BCUT2D eigenvalue weighted by molar-refractivity contribution is -0.140. The van der Waals surface area contributed by atoms with Crippen LogP contribution in [0.15, 0.2) is 0 Å². The van der Waals surface area contributed by atoms with Crippen LogP contribution in [-0.2, 0) is 14.3 Å². The second-order valence-electron chi connectivity index (χ2n) is 4.04. The summed E-state index contributed by atoms with van der Waals surface area (Å²) in [7, 11) is 4.91. The molecule has 0 rings (SSSR count). The molecule has 0 aliphatic rings. The van der Waals surface area contributed by atoms with Crippen molar-refractivity contribution >= 4 is 12.0 Å². The van der Waals surface area contributed by atoms with E-state index in [-0.39, 0.29) is 6.61 Å². The van der Waals surface area contributed by atoms with Crippen LogP contribution in [0, 0.1) is 0 Å². The van der Waals surface area contributed by atoms with Crippen LogP contribution >= 0.6 is 0 Å². The van der Waals surface area contributed by atoms with Crippen LogP contribution in [0.25, 0.3) is 0 Å². The van der Waals surface area contributed by atoms with E-state index < -0.39 is 18.0 Å². The molecule has 1 atom stereocenters. The van der Waals surface area contributed by atoms with Crippen molar-refractivity contribution in [2.45, 2.75) is 6.04 Å². The monoisotopic (exact) mass is 277 g/mol. The van der Waals surface area contributed by atoms with Crippen LogP contribution in [0.5, 0.6) is 0 Å². The van der Waals surface area contributed by atoms with E-state index in [9.17, 15) is 9.59 Å². The van der Waals surface area contributed by atoms with Gasteiger partial charge >= 0.3 is 12.0 Å². The first kappa shape index (κ1) is 17.6. The molecule has 0 spiro atoms. The van der Waals surface area contributed by atoms with Gasteiger partial charge in [-0.15, -0.1) is 0 Å². The largest absolute Gasteiger partial charge is 0.480 e. The number of urea groups is 1. The van der Waals surface area contributed by atoms with Crippen LogP contribution in [0.3, 0.4) is 0 Å². The number of carboxylic acid groups (broad SMARTS) is 1. The highest BCUT2D eigenvalue weighted by Gasteiger charge is 2.19. The van der Waals surface area contributed by atoms with Gasteiger partial charge in [0.05, 0.1) is 13.2 Å². The number of ether oxygens (including phenoxy) is 2. The molecule has 8 nitrogen and oxygen atoms in total. The highest BCUT2D eigenvalue weighted by molar-refractivity contribution is 5.82. The molecule has 0 aromatic rings. The van der Waals surface area contributed by atoms with Gasteiger partial charge in [0.25, 0.3) is 0 Å². The molecule has 19 heavy (non-hydrogen) atoms. The van der Waals surface area contributed by atoms with Crippen molar-refractivity contribution in [3.05, 3.63) is 0 Å². The third kappa shape index (κ3) is 9.23. The molecule has 112 valence electrons. The van der Waals surface area contributed by atoms with Gasteiger partial charge in [0, 0.05) is 33.9 Å². The Morgan fingerprint density at radius 1 is 1.26 bits per heavy atom. The number of carbonyl (C=O) groups is 2. The molecule has 0 bridgehead atoms. The first-order chi connectivity index (χ1) is 9.01. The number of hydrogen-bond acceptors (Lipinski definition) is 5. The van der Waals surface area contributed by atoms with Crippen molar-refractivity contribution in [1.29, 1.82) is 0 Å². The zero-order valence-electron chi connectivity index (χ0n) is 11.6. The average Bonchev–Trinajstić information content (AvgIpc) is 2.35. The van der Waals surface area contributed by atoms with Gasteiger partial charge in [0.1, 0.15) is 0 Å². The Morgan fingerprint density at radius 3 is 2.47 bits per heavy atom. The summed E-state index contributed by atoms with van der Waals surface area (Å²) in [5.74, 6) is -1.13. The van der Waals surface area contributed by atoms with Crippen molar-refractivity contribution < 1.29 is 24.2 Å². The lowest BCUT2D eigenvalue weighted by Crippen LogP contribution is -2.49. The van der Waals surface area contributed by atoms with E-state index in [1.165, 1.54) is 7.11 Å². The Bertz CT molecular complexity index is 275. The molecular weight excluding hydrogens is 254 g/mol. The minimum absolute atomic E-state index is 0.0729. The third-order valence-electron chi connectivity index (χ3n) is 2.39. The molecule has 0 heterocycles. The van der Waals surface area contributed by atoms with Crippen molar-refractivity contribution in [3.8, 4) is 0 Å². The summed E-state index contributed by atoms with van der Waals surface area (Å²) in [6.07, 6.45) is 0. The van der Waals surface area contributed by atoms with Crippen molar-refractivity contribution in [2.24, 2.45) is 0 Å². The lowest BCUT2D eigenvalue weighted by atomic mass is 10.3. The van der Waals surface area contributed by atoms with Gasteiger partial charge in [-0.3, -0.25) is 0 Å². The minimum atomic E-state index is -1.13. The Hall–Kier alpha value is -1.38. The van der Waals surface area contributed by atoms with Crippen molar-refractivity contribution in [3.63, 3.8) is 0 Å². The number of amides is 2. The quantitative estimate of drug-likeness (QED) is 0.472. The smallest absolute Gasteiger partial charge is 0.328 e. The van der Waals surface area contributed by atoms with Crippen LogP contribution in [0.4, 0.5) is 4.79 Å². The normalized spacial score (nSPS) is 12.2. The Kier molecular flexibility index (Phi) is 9.77. The minimum Gasteiger partial charge on any atom is -0.480 e. The van der Waals surface area contributed by atoms with Gasteiger partial charge < -0.3 is 30.1 Å².